The Morgan fingerprint density at radius 3 is 2.38 bits per heavy atom. The maximum Gasteiger partial charge on any atom is 0.238 e. The van der Waals surface area contributed by atoms with Gasteiger partial charge in [-0.1, -0.05) is 42.0 Å². The Balaban J connectivity index is 1.86. The molecule has 3 heteroatoms. The van der Waals surface area contributed by atoms with Crippen LogP contribution < -0.4 is 10.6 Å². The smallest absolute Gasteiger partial charge is 0.238 e. The van der Waals surface area contributed by atoms with E-state index in [9.17, 15) is 4.79 Å². The van der Waals surface area contributed by atoms with Gasteiger partial charge in [-0.25, -0.2) is 0 Å². The summed E-state index contributed by atoms with van der Waals surface area (Å²) in [6.45, 7) is 6.44. The number of hydrogen-bond donors (Lipinski definition) is 2. The van der Waals surface area contributed by atoms with E-state index in [2.05, 4.69) is 42.7 Å². The maximum absolute atomic E-state index is 12.0. The van der Waals surface area contributed by atoms with Crippen molar-refractivity contribution >= 4 is 11.6 Å². The van der Waals surface area contributed by atoms with Gasteiger partial charge in [-0.3, -0.25) is 4.79 Å². The molecule has 0 saturated heterocycles. The van der Waals surface area contributed by atoms with Crippen LogP contribution in [0.15, 0.2) is 48.5 Å². The molecule has 0 spiro atoms. The Labute approximate surface area is 126 Å². The van der Waals surface area contributed by atoms with E-state index >= 15 is 0 Å². The summed E-state index contributed by atoms with van der Waals surface area (Å²) in [7, 11) is 0. The van der Waals surface area contributed by atoms with E-state index in [0.29, 0.717) is 6.54 Å². The zero-order chi connectivity index (χ0) is 15.2. The molecule has 0 aliphatic carbocycles. The number of amides is 1. The minimum atomic E-state index is -0.0277. The van der Waals surface area contributed by atoms with Gasteiger partial charge >= 0.3 is 0 Å². The van der Waals surface area contributed by atoms with Gasteiger partial charge in [-0.05, 0) is 44.0 Å². The number of anilines is 1. The predicted molar refractivity (Wildman–Crippen MR) is 87.4 cm³/mol. The Hall–Kier alpha value is -2.13. The standard InChI is InChI=1S/C18H22N2O/c1-13-6-4-8-16(10-13)15(3)19-12-18(21)20-17-9-5-7-14(2)11-17/h4-11,15,19H,12H2,1-3H3,(H,20,21)/t15-/m1/s1. The molecule has 0 bridgehead atoms. The van der Waals surface area contributed by atoms with Crippen LogP contribution in [0.4, 0.5) is 5.69 Å². The van der Waals surface area contributed by atoms with Crippen LogP contribution in [0.25, 0.3) is 0 Å². The molecule has 110 valence electrons. The minimum Gasteiger partial charge on any atom is -0.325 e. The second-order valence-corrected chi connectivity index (χ2v) is 5.43. The first-order chi connectivity index (χ1) is 10.0. The molecule has 0 aromatic heterocycles. The molecule has 0 radical (unpaired) electrons. The van der Waals surface area contributed by atoms with Crippen molar-refractivity contribution in [3.05, 3.63) is 65.2 Å². The highest BCUT2D eigenvalue weighted by atomic mass is 16.1. The topological polar surface area (TPSA) is 41.1 Å². The third kappa shape index (κ3) is 4.72. The number of benzene rings is 2. The summed E-state index contributed by atoms with van der Waals surface area (Å²) >= 11 is 0. The molecule has 2 aromatic rings. The fourth-order valence-electron chi connectivity index (χ4n) is 2.23. The van der Waals surface area contributed by atoms with Crippen molar-refractivity contribution < 1.29 is 4.79 Å². The van der Waals surface area contributed by atoms with Crippen molar-refractivity contribution in [1.82, 2.24) is 5.32 Å². The average Bonchev–Trinajstić information content (AvgIpc) is 2.45. The summed E-state index contributed by atoms with van der Waals surface area (Å²) in [4.78, 5) is 12.0. The van der Waals surface area contributed by atoms with Gasteiger partial charge in [0.2, 0.25) is 5.91 Å². The van der Waals surface area contributed by atoms with Crippen molar-refractivity contribution in [2.24, 2.45) is 0 Å². The summed E-state index contributed by atoms with van der Waals surface area (Å²) in [6.07, 6.45) is 0. The molecule has 0 aliphatic rings. The second kappa shape index (κ2) is 7.04. The third-order valence-electron chi connectivity index (χ3n) is 3.41. The molecule has 2 aromatic carbocycles. The molecule has 1 amide bonds. The molecule has 3 nitrogen and oxygen atoms in total. The third-order valence-corrected chi connectivity index (χ3v) is 3.41. The summed E-state index contributed by atoms with van der Waals surface area (Å²) in [5.74, 6) is -0.0277. The number of nitrogens with one attached hydrogen (secondary N) is 2. The number of aryl methyl sites for hydroxylation is 2. The summed E-state index contributed by atoms with van der Waals surface area (Å²) in [6, 6.07) is 16.3. The Morgan fingerprint density at radius 2 is 1.71 bits per heavy atom. The molecule has 2 rings (SSSR count). The fourth-order valence-corrected chi connectivity index (χ4v) is 2.23. The van der Waals surface area contributed by atoms with Gasteiger partial charge < -0.3 is 10.6 Å². The molecular formula is C18H22N2O. The van der Waals surface area contributed by atoms with Crippen LogP contribution in [-0.2, 0) is 4.79 Å². The van der Waals surface area contributed by atoms with Crippen molar-refractivity contribution in [2.45, 2.75) is 26.8 Å². The van der Waals surface area contributed by atoms with Crippen LogP contribution in [0.2, 0.25) is 0 Å². The molecule has 0 fully saturated rings. The molecule has 21 heavy (non-hydrogen) atoms. The minimum absolute atomic E-state index is 0.0277. The van der Waals surface area contributed by atoms with Gasteiger partial charge in [0.15, 0.2) is 0 Å². The Kier molecular flexibility index (Phi) is 5.12. The van der Waals surface area contributed by atoms with Crippen molar-refractivity contribution in [3.8, 4) is 0 Å². The fraction of sp³-hybridized carbons (Fsp3) is 0.278. The van der Waals surface area contributed by atoms with Crippen molar-refractivity contribution in [3.63, 3.8) is 0 Å². The van der Waals surface area contributed by atoms with Crippen molar-refractivity contribution in [1.29, 1.82) is 0 Å². The highest BCUT2D eigenvalue weighted by Crippen LogP contribution is 2.13. The van der Waals surface area contributed by atoms with Gasteiger partial charge in [-0.2, -0.15) is 0 Å². The average molecular weight is 282 g/mol. The first-order valence-corrected chi connectivity index (χ1v) is 7.21. The molecule has 0 unspecified atom stereocenters. The van der Waals surface area contributed by atoms with E-state index in [0.717, 1.165) is 11.3 Å². The lowest BCUT2D eigenvalue weighted by molar-refractivity contribution is -0.115. The number of carbonyl (C=O) groups excluding carboxylic acids is 1. The second-order valence-electron chi connectivity index (χ2n) is 5.43. The number of carbonyl (C=O) groups is 1. The quantitative estimate of drug-likeness (QED) is 0.880. The zero-order valence-electron chi connectivity index (χ0n) is 12.8. The van der Waals surface area contributed by atoms with Gasteiger partial charge in [0.1, 0.15) is 0 Å². The van der Waals surface area contributed by atoms with Gasteiger partial charge in [0.25, 0.3) is 0 Å². The monoisotopic (exact) mass is 282 g/mol. The van der Waals surface area contributed by atoms with Crippen LogP contribution in [0, 0.1) is 13.8 Å². The first kappa shape index (κ1) is 15.3. The maximum atomic E-state index is 12.0. The normalized spacial score (nSPS) is 12.0. The van der Waals surface area contributed by atoms with Crippen LogP contribution >= 0.6 is 0 Å². The summed E-state index contributed by atoms with van der Waals surface area (Å²) in [5.41, 5.74) is 4.39. The van der Waals surface area contributed by atoms with Crippen LogP contribution in [0.3, 0.4) is 0 Å². The highest BCUT2D eigenvalue weighted by Gasteiger charge is 2.08. The predicted octanol–water partition coefficient (Wildman–Crippen LogP) is 3.59. The molecule has 0 saturated carbocycles. The summed E-state index contributed by atoms with van der Waals surface area (Å²) in [5, 5.41) is 6.15. The van der Waals surface area contributed by atoms with E-state index in [1.807, 2.05) is 37.3 Å². The molecule has 0 heterocycles. The van der Waals surface area contributed by atoms with E-state index in [1.54, 1.807) is 0 Å². The summed E-state index contributed by atoms with van der Waals surface area (Å²) < 4.78 is 0. The lowest BCUT2D eigenvalue weighted by Gasteiger charge is -2.15. The largest absolute Gasteiger partial charge is 0.325 e. The zero-order valence-corrected chi connectivity index (χ0v) is 12.8. The first-order valence-electron chi connectivity index (χ1n) is 7.21. The highest BCUT2D eigenvalue weighted by molar-refractivity contribution is 5.92. The van der Waals surface area contributed by atoms with E-state index < -0.39 is 0 Å². The lowest BCUT2D eigenvalue weighted by Crippen LogP contribution is -2.30. The van der Waals surface area contributed by atoms with Gasteiger partial charge in [-0.15, -0.1) is 0 Å². The van der Waals surface area contributed by atoms with E-state index in [-0.39, 0.29) is 11.9 Å². The van der Waals surface area contributed by atoms with Crippen LogP contribution in [-0.4, -0.2) is 12.5 Å². The van der Waals surface area contributed by atoms with Gasteiger partial charge in [0.05, 0.1) is 6.54 Å². The molecular weight excluding hydrogens is 260 g/mol. The van der Waals surface area contributed by atoms with Crippen LogP contribution in [0.5, 0.6) is 0 Å². The molecule has 1 atom stereocenters. The van der Waals surface area contributed by atoms with Crippen molar-refractivity contribution in [2.75, 3.05) is 11.9 Å². The SMILES string of the molecule is Cc1cccc(NC(=O)CN[C@H](C)c2cccc(C)c2)c1. The number of hydrogen-bond acceptors (Lipinski definition) is 2. The Morgan fingerprint density at radius 1 is 1.05 bits per heavy atom. The van der Waals surface area contributed by atoms with E-state index in [1.165, 1.54) is 11.1 Å². The Bertz CT molecular complexity index is 622. The lowest BCUT2D eigenvalue weighted by atomic mass is 10.1. The number of rotatable bonds is 5. The molecule has 0 aliphatic heterocycles. The van der Waals surface area contributed by atoms with Crippen LogP contribution in [0.1, 0.15) is 29.7 Å². The van der Waals surface area contributed by atoms with Gasteiger partial charge in [0, 0.05) is 11.7 Å². The molecule has 2 N–H and O–H groups in total. The van der Waals surface area contributed by atoms with E-state index in [4.69, 9.17) is 0 Å².